The Morgan fingerprint density at radius 1 is 0.969 bits per heavy atom. The molecule has 1 aromatic heterocycles. The summed E-state index contributed by atoms with van der Waals surface area (Å²) < 4.78 is 16.0. The highest BCUT2D eigenvalue weighted by Gasteiger charge is 2.14. The molecule has 0 bridgehead atoms. The van der Waals surface area contributed by atoms with Crippen molar-refractivity contribution in [3.63, 3.8) is 0 Å². The van der Waals surface area contributed by atoms with Crippen molar-refractivity contribution in [1.82, 2.24) is 4.98 Å². The topological polar surface area (TPSA) is 119 Å². The zero-order valence-corrected chi connectivity index (χ0v) is 17.9. The predicted octanol–water partition coefficient (Wildman–Crippen LogP) is 3.18. The number of methoxy groups -OCH3 is 2. The summed E-state index contributed by atoms with van der Waals surface area (Å²) in [5.41, 5.74) is 1.24. The van der Waals surface area contributed by atoms with Crippen LogP contribution in [0, 0.1) is 0 Å². The summed E-state index contributed by atoms with van der Waals surface area (Å²) in [5.74, 6) is 0.355. The van der Waals surface area contributed by atoms with Crippen LogP contribution >= 0.6 is 0 Å². The number of anilines is 2. The number of hydrogen-bond donors (Lipinski definition) is 3. The van der Waals surface area contributed by atoms with E-state index in [4.69, 9.17) is 14.2 Å². The summed E-state index contributed by atoms with van der Waals surface area (Å²) in [6.45, 7) is 1.55. The van der Waals surface area contributed by atoms with E-state index in [2.05, 4.69) is 15.6 Å². The number of hydrogen-bond acceptors (Lipinski definition) is 6. The smallest absolute Gasteiger partial charge is 0.272 e. The highest BCUT2D eigenvalue weighted by molar-refractivity contribution is 6.04. The lowest BCUT2D eigenvalue weighted by Crippen LogP contribution is -2.18. The van der Waals surface area contributed by atoms with Crippen molar-refractivity contribution in [2.24, 2.45) is 0 Å². The molecule has 1 heterocycles. The van der Waals surface area contributed by atoms with Gasteiger partial charge in [0.2, 0.25) is 11.3 Å². The van der Waals surface area contributed by atoms with Crippen molar-refractivity contribution in [3.8, 4) is 17.2 Å². The number of amides is 2. The van der Waals surface area contributed by atoms with Crippen LogP contribution in [0.15, 0.2) is 59.5 Å². The molecule has 3 aromatic rings. The molecule has 0 atom stereocenters. The van der Waals surface area contributed by atoms with Crippen molar-refractivity contribution < 1.29 is 23.8 Å². The zero-order chi connectivity index (χ0) is 23.1. The molecule has 0 saturated heterocycles. The van der Waals surface area contributed by atoms with Gasteiger partial charge in [-0.3, -0.25) is 14.4 Å². The average molecular weight is 437 g/mol. The molecule has 2 amide bonds. The fourth-order valence-corrected chi connectivity index (χ4v) is 2.90. The molecule has 2 aromatic carbocycles. The number of carbonyl (C=O) groups excluding carboxylic acids is 2. The molecular weight excluding hydrogens is 414 g/mol. The van der Waals surface area contributed by atoms with Gasteiger partial charge in [-0.05, 0) is 35.9 Å². The number of carbonyl (C=O) groups is 2. The van der Waals surface area contributed by atoms with E-state index in [1.165, 1.54) is 20.2 Å². The van der Waals surface area contributed by atoms with Crippen LogP contribution in [0.4, 0.5) is 11.4 Å². The second-order valence-electron chi connectivity index (χ2n) is 6.77. The molecule has 32 heavy (non-hydrogen) atoms. The van der Waals surface area contributed by atoms with E-state index in [1.807, 2.05) is 18.2 Å². The van der Waals surface area contributed by atoms with Gasteiger partial charge in [-0.25, -0.2) is 0 Å². The number of benzene rings is 2. The molecule has 0 fully saturated rings. The minimum atomic E-state index is -0.556. The lowest BCUT2D eigenvalue weighted by molar-refractivity contribution is -0.114. The second-order valence-corrected chi connectivity index (χ2v) is 6.77. The lowest BCUT2D eigenvalue weighted by Gasteiger charge is -2.13. The van der Waals surface area contributed by atoms with Gasteiger partial charge in [0, 0.05) is 24.9 Å². The van der Waals surface area contributed by atoms with Gasteiger partial charge in [-0.15, -0.1) is 0 Å². The van der Waals surface area contributed by atoms with Gasteiger partial charge in [-0.2, -0.15) is 0 Å². The molecule has 0 spiro atoms. The summed E-state index contributed by atoms with van der Waals surface area (Å²) in [6, 6.07) is 13.3. The Bertz CT molecular complexity index is 1190. The number of rotatable bonds is 8. The first-order valence-electron chi connectivity index (χ1n) is 9.65. The third-order valence-corrected chi connectivity index (χ3v) is 4.42. The number of aromatic nitrogens is 1. The van der Waals surface area contributed by atoms with Crippen molar-refractivity contribution in [2.75, 3.05) is 24.9 Å². The van der Waals surface area contributed by atoms with Crippen LogP contribution < -0.4 is 30.3 Å². The monoisotopic (exact) mass is 437 g/mol. The molecule has 3 rings (SSSR count). The van der Waals surface area contributed by atoms with Crippen molar-refractivity contribution in [3.05, 3.63) is 76.2 Å². The van der Waals surface area contributed by atoms with Crippen LogP contribution in [0.2, 0.25) is 0 Å². The van der Waals surface area contributed by atoms with Gasteiger partial charge >= 0.3 is 0 Å². The molecule has 0 saturated carbocycles. The highest BCUT2D eigenvalue weighted by Crippen LogP contribution is 2.28. The Kier molecular flexibility index (Phi) is 7.12. The van der Waals surface area contributed by atoms with E-state index in [-0.39, 0.29) is 24.0 Å². The van der Waals surface area contributed by atoms with Gasteiger partial charge in [0.25, 0.3) is 5.91 Å². The Labute approximate surface area is 184 Å². The molecule has 0 aliphatic heterocycles. The fraction of sp³-hybridized carbons (Fsp3) is 0.174. The first-order chi connectivity index (χ1) is 15.4. The van der Waals surface area contributed by atoms with E-state index < -0.39 is 11.3 Å². The van der Waals surface area contributed by atoms with Crippen LogP contribution in [-0.4, -0.2) is 31.0 Å². The normalized spacial score (nSPS) is 10.2. The minimum Gasteiger partial charge on any atom is -0.497 e. The van der Waals surface area contributed by atoms with E-state index in [9.17, 15) is 14.4 Å². The minimum absolute atomic E-state index is 0.0377. The Balaban J connectivity index is 1.72. The number of aromatic amines is 1. The van der Waals surface area contributed by atoms with Crippen LogP contribution in [0.25, 0.3) is 0 Å². The third kappa shape index (κ3) is 5.66. The van der Waals surface area contributed by atoms with Gasteiger partial charge < -0.3 is 29.8 Å². The summed E-state index contributed by atoms with van der Waals surface area (Å²) in [6.07, 6.45) is 1.34. The third-order valence-electron chi connectivity index (χ3n) is 4.42. The molecule has 9 heteroatoms. The van der Waals surface area contributed by atoms with Crippen LogP contribution in [0.3, 0.4) is 0 Å². The van der Waals surface area contributed by atoms with E-state index in [0.29, 0.717) is 22.9 Å². The number of H-pyrrole nitrogens is 1. The van der Waals surface area contributed by atoms with Gasteiger partial charge in [0.05, 0.1) is 19.9 Å². The SMILES string of the molecule is COc1cccc(COc2c[nH]c(C(=O)Nc3cc(NC(C)=O)ccc3OC)cc2=O)c1. The van der Waals surface area contributed by atoms with E-state index in [1.54, 1.807) is 31.4 Å². The van der Waals surface area contributed by atoms with Crippen molar-refractivity contribution in [1.29, 1.82) is 0 Å². The molecular formula is C23H23N3O6. The first-order valence-corrected chi connectivity index (χ1v) is 9.65. The average Bonchev–Trinajstić information content (AvgIpc) is 2.78. The highest BCUT2D eigenvalue weighted by atomic mass is 16.5. The fourth-order valence-electron chi connectivity index (χ4n) is 2.90. The van der Waals surface area contributed by atoms with Crippen molar-refractivity contribution >= 4 is 23.2 Å². The van der Waals surface area contributed by atoms with Gasteiger partial charge in [0.1, 0.15) is 23.8 Å². The standard InChI is InChI=1S/C23H23N3O6/c1-14(27)25-16-7-8-21(31-3)18(10-16)26-23(29)19-11-20(28)22(12-24-19)32-13-15-5-4-6-17(9-15)30-2/h4-12H,13H2,1-3H3,(H,24,28)(H,25,27)(H,26,29). The second kappa shape index (κ2) is 10.2. The van der Waals surface area contributed by atoms with Gasteiger partial charge in [-0.1, -0.05) is 12.1 Å². The van der Waals surface area contributed by atoms with Crippen molar-refractivity contribution in [2.45, 2.75) is 13.5 Å². The predicted molar refractivity (Wildman–Crippen MR) is 120 cm³/mol. The molecule has 166 valence electrons. The summed E-state index contributed by atoms with van der Waals surface area (Å²) in [5, 5.41) is 5.30. The summed E-state index contributed by atoms with van der Waals surface area (Å²) >= 11 is 0. The van der Waals surface area contributed by atoms with Crippen LogP contribution in [0.5, 0.6) is 17.2 Å². The van der Waals surface area contributed by atoms with Crippen LogP contribution in [0.1, 0.15) is 23.0 Å². The first kappa shape index (κ1) is 22.4. The largest absolute Gasteiger partial charge is 0.497 e. The molecule has 3 N–H and O–H groups in total. The van der Waals surface area contributed by atoms with E-state index >= 15 is 0 Å². The number of nitrogens with one attached hydrogen (secondary N) is 3. The van der Waals surface area contributed by atoms with Gasteiger partial charge in [0.15, 0.2) is 5.75 Å². The van der Waals surface area contributed by atoms with Crippen LogP contribution in [-0.2, 0) is 11.4 Å². The maximum absolute atomic E-state index is 12.7. The Morgan fingerprint density at radius 2 is 1.78 bits per heavy atom. The quantitative estimate of drug-likeness (QED) is 0.498. The Morgan fingerprint density at radius 3 is 2.47 bits per heavy atom. The molecule has 0 aliphatic rings. The Hall–Kier alpha value is -4.27. The number of ether oxygens (including phenoxy) is 3. The number of pyridine rings is 1. The molecule has 0 unspecified atom stereocenters. The zero-order valence-electron chi connectivity index (χ0n) is 17.9. The molecule has 0 radical (unpaired) electrons. The lowest BCUT2D eigenvalue weighted by atomic mass is 10.2. The summed E-state index contributed by atoms with van der Waals surface area (Å²) in [7, 11) is 3.03. The van der Waals surface area contributed by atoms with E-state index in [0.717, 1.165) is 11.6 Å². The molecule has 9 nitrogen and oxygen atoms in total. The summed E-state index contributed by atoms with van der Waals surface area (Å²) in [4.78, 5) is 39.1. The maximum atomic E-state index is 12.7. The maximum Gasteiger partial charge on any atom is 0.272 e. The molecule has 0 aliphatic carbocycles.